The summed E-state index contributed by atoms with van der Waals surface area (Å²) in [5, 5.41) is 2.94. The van der Waals surface area contributed by atoms with Crippen LogP contribution >= 0.6 is 0 Å². The average molecular weight is 552 g/mol. The molecule has 0 radical (unpaired) electrons. The van der Waals surface area contributed by atoms with E-state index in [-0.39, 0.29) is 23.4 Å². The molecular weight excluding hydrogens is 514 g/mol. The van der Waals surface area contributed by atoms with E-state index in [1.165, 1.54) is 24.1 Å². The molecule has 0 aliphatic rings. The number of methoxy groups -OCH3 is 1. The largest absolute Gasteiger partial charge is 0.497 e. The number of rotatable bonds is 12. The lowest BCUT2D eigenvalue weighted by Gasteiger charge is -2.32. The van der Waals surface area contributed by atoms with Crippen LogP contribution in [0.25, 0.3) is 0 Å². The molecular formula is C30H37N3O5S. The Morgan fingerprint density at radius 3 is 2.21 bits per heavy atom. The van der Waals surface area contributed by atoms with Crippen LogP contribution in [-0.2, 0) is 26.2 Å². The van der Waals surface area contributed by atoms with Gasteiger partial charge in [0.05, 0.1) is 17.7 Å². The lowest BCUT2D eigenvalue weighted by atomic mass is 10.1. The third-order valence-corrected chi connectivity index (χ3v) is 8.36. The Labute approximate surface area is 231 Å². The first kappa shape index (κ1) is 29.7. The van der Waals surface area contributed by atoms with Crippen LogP contribution in [0.2, 0.25) is 0 Å². The molecule has 0 aliphatic heterocycles. The monoisotopic (exact) mass is 551 g/mol. The number of benzene rings is 3. The van der Waals surface area contributed by atoms with Crippen molar-refractivity contribution in [2.24, 2.45) is 0 Å². The number of nitrogens with one attached hydrogen (secondary N) is 1. The van der Waals surface area contributed by atoms with Crippen LogP contribution in [0.1, 0.15) is 38.3 Å². The van der Waals surface area contributed by atoms with Gasteiger partial charge in [-0.15, -0.1) is 0 Å². The van der Waals surface area contributed by atoms with E-state index in [0.29, 0.717) is 11.4 Å². The zero-order chi connectivity index (χ0) is 28.6. The van der Waals surface area contributed by atoms with Gasteiger partial charge in [-0.05, 0) is 69.2 Å². The van der Waals surface area contributed by atoms with Gasteiger partial charge in [-0.25, -0.2) is 8.42 Å². The highest BCUT2D eigenvalue weighted by Gasteiger charge is 2.32. The molecule has 0 aromatic heterocycles. The maximum atomic E-state index is 13.9. The number of sulfonamides is 1. The van der Waals surface area contributed by atoms with Crippen molar-refractivity contribution in [1.29, 1.82) is 0 Å². The maximum Gasteiger partial charge on any atom is 0.264 e. The molecule has 8 nitrogen and oxygen atoms in total. The number of hydrogen-bond acceptors (Lipinski definition) is 5. The van der Waals surface area contributed by atoms with Crippen molar-refractivity contribution in [3.8, 4) is 5.75 Å². The fourth-order valence-electron chi connectivity index (χ4n) is 4.05. The second kappa shape index (κ2) is 13.3. The summed E-state index contributed by atoms with van der Waals surface area (Å²) in [6.45, 7) is 7.14. The molecule has 0 saturated heterocycles. The second-order valence-electron chi connectivity index (χ2n) is 9.53. The third kappa shape index (κ3) is 7.60. The molecule has 1 N–H and O–H groups in total. The van der Waals surface area contributed by atoms with Crippen LogP contribution in [0.4, 0.5) is 5.69 Å². The second-order valence-corrected chi connectivity index (χ2v) is 11.4. The molecule has 39 heavy (non-hydrogen) atoms. The van der Waals surface area contributed by atoms with Crippen molar-refractivity contribution in [2.45, 2.75) is 57.6 Å². The van der Waals surface area contributed by atoms with Crippen LogP contribution in [0.5, 0.6) is 5.75 Å². The van der Waals surface area contributed by atoms with E-state index in [0.717, 1.165) is 21.9 Å². The van der Waals surface area contributed by atoms with Crippen molar-refractivity contribution in [3.63, 3.8) is 0 Å². The van der Waals surface area contributed by atoms with Gasteiger partial charge < -0.3 is 15.0 Å². The highest BCUT2D eigenvalue weighted by Crippen LogP contribution is 2.26. The highest BCUT2D eigenvalue weighted by atomic mass is 32.2. The quantitative estimate of drug-likeness (QED) is 0.357. The van der Waals surface area contributed by atoms with Gasteiger partial charge in [0.25, 0.3) is 10.0 Å². The minimum atomic E-state index is -4.11. The van der Waals surface area contributed by atoms with E-state index in [1.807, 2.05) is 45.0 Å². The summed E-state index contributed by atoms with van der Waals surface area (Å²) in [6, 6.07) is 21.2. The Balaban J connectivity index is 2.02. The number of nitrogens with zero attached hydrogens (tertiary/aromatic N) is 2. The maximum absolute atomic E-state index is 13.9. The number of anilines is 1. The van der Waals surface area contributed by atoms with Crippen molar-refractivity contribution >= 4 is 27.5 Å². The van der Waals surface area contributed by atoms with E-state index in [2.05, 4.69) is 5.32 Å². The van der Waals surface area contributed by atoms with Gasteiger partial charge in [0, 0.05) is 12.6 Å². The molecule has 2 atom stereocenters. The van der Waals surface area contributed by atoms with E-state index < -0.39 is 28.5 Å². The molecule has 208 valence electrons. The molecule has 0 bridgehead atoms. The molecule has 0 unspecified atom stereocenters. The molecule has 3 aromatic rings. The van der Waals surface area contributed by atoms with E-state index in [1.54, 1.807) is 49.4 Å². The van der Waals surface area contributed by atoms with E-state index in [9.17, 15) is 18.0 Å². The van der Waals surface area contributed by atoms with Gasteiger partial charge in [0.15, 0.2) is 0 Å². The summed E-state index contributed by atoms with van der Waals surface area (Å²) in [6.07, 6.45) is 0.741. The summed E-state index contributed by atoms with van der Waals surface area (Å²) in [7, 11) is -2.59. The number of carbonyl (C=O) groups is 2. The predicted molar refractivity (Wildman–Crippen MR) is 153 cm³/mol. The molecule has 0 fully saturated rings. The molecule has 9 heteroatoms. The average Bonchev–Trinajstić information content (AvgIpc) is 2.94. The minimum absolute atomic E-state index is 0.0569. The first-order valence-electron chi connectivity index (χ1n) is 12.9. The van der Waals surface area contributed by atoms with Gasteiger partial charge in [0.1, 0.15) is 18.3 Å². The summed E-state index contributed by atoms with van der Waals surface area (Å²) in [5.41, 5.74) is 2.16. The molecule has 2 amide bonds. The Morgan fingerprint density at radius 2 is 1.62 bits per heavy atom. The van der Waals surface area contributed by atoms with Crippen molar-refractivity contribution in [2.75, 3.05) is 18.0 Å². The lowest BCUT2D eigenvalue weighted by molar-refractivity contribution is -0.139. The van der Waals surface area contributed by atoms with E-state index in [4.69, 9.17) is 4.74 Å². The predicted octanol–water partition coefficient (Wildman–Crippen LogP) is 4.53. The van der Waals surface area contributed by atoms with Gasteiger partial charge in [-0.3, -0.25) is 13.9 Å². The first-order valence-corrected chi connectivity index (χ1v) is 14.4. The van der Waals surface area contributed by atoms with Gasteiger partial charge in [-0.2, -0.15) is 0 Å². The molecule has 0 saturated carbocycles. The molecule has 3 aromatic carbocycles. The topological polar surface area (TPSA) is 96.0 Å². The van der Waals surface area contributed by atoms with E-state index >= 15 is 0 Å². The van der Waals surface area contributed by atoms with Gasteiger partial charge in [-0.1, -0.05) is 55.0 Å². The van der Waals surface area contributed by atoms with Crippen molar-refractivity contribution < 1.29 is 22.7 Å². The Morgan fingerprint density at radius 1 is 0.949 bits per heavy atom. The smallest absolute Gasteiger partial charge is 0.264 e. The third-order valence-electron chi connectivity index (χ3n) is 6.57. The highest BCUT2D eigenvalue weighted by molar-refractivity contribution is 7.92. The summed E-state index contributed by atoms with van der Waals surface area (Å²) in [5.74, 6) is -0.246. The number of carbonyl (C=O) groups excluding carboxylic acids is 2. The number of ether oxygens (including phenoxy) is 1. The number of hydrogen-bond donors (Lipinski definition) is 1. The summed E-state index contributed by atoms with van der Waals surface area (Å²) >= 11 is 0. The fourth-order valence-corrected chi connectivity index (χ4v) is 5.49. The fraction of sp³-hybridized carbons (Fsp3) is 0.333. The zero-order valence-electron chi connectivity index (χ0n) is 23.1. The van der Waals surface area contributed by atoms with Crippen molar-refractivity contribution in [3.05, 3.63) is 90.0 Å². The Hall–Kier alpha value is -3.85. The van der Waals surface area contributed by atoms with Gasteiger partial charge >= 0.3 is 0 Å². The van der Waals surface area contributed by atoms with Crippen molar-refractivity contribution in [1.82, 2.24) is 10.2 Å². The Bertz CT molecular complexity index is 1360. The van der Waals surface area contributed by atoms with Crippen LogP contribution < -0.4 is 14.4 Å². The molecule has 0 aliphatic carbocycles. The number of amides is 2. The summed E-state index contributed by atoms with van der Waals surface area (Å²) in [4.78, 5) is 28.5. The SMILES string of the molecule is CC[C@H](C)NC(=O)[C@@H](C)N(Cc1cccc(C)c1)C(=O)CN(c1ccc(OC)cc1)S(=O)(=O)c1ccccc1. The standard InChI is InChI=1S/C30H37N3O5S/c1-6-23(3)31-30(35)24(4)32(20-25-12-10-11-22(2)19-25)29(34)21-33(26-15-17-27(38-5)18-16-26)39(36,37)28-13-8-7-9-14-28/h7-19,23-24H,6,20-21H2,1-5H3,(H,31,35)/t23-,24+/m0/s1. The first-order chi connectivity index (χ1) is 18.6. The van der Waals surface area contributed by atoms with Crippen LogP contribution in [0.15, 0.2) is 83.8 Å². The Kier molecular flexibility index (Phi) is 10.1. The van der Waals surface area contributed by atoms with Gasteiger partial charge in [0.2, 0.25) is 11.8 Å². The lowest BCUT2D eigenvalue weighted by Crippen LogP contribution is -2.52. The molecule has 0 spiro atoms. The zero-order valence-corrected chi connectivity index (χ0v) is 23.9. The minimum Gasteiger partial charge on any atom is -0.497 e. The van der Waals surface area contributed by atoms with Crippen LogP contribution in [0.3, 0.4) is 0 Å². The van der Waals surface area contributed by atoms with Crippen LogP contribution in [0, 0.1) is 6.92 Å². The normalized spacial score (nSPS) is 12.7. The van der Waals surface area contributed by atoms with Crippen LogP contribution in [-0.4, -0.2) is 50.9 Å². The molecule has 3 rings (SSSR count). The summed E-state index contributed by atoms with van der Waals surface area (Å²) < 4.78 is 33.9. The number of aryl methyl sites for hydroxylation is 1. The molecule has 0 heterocycles.